The average molecular weight is 494 g/mol. The first-order chi connectivity index (χ1) is 16.3. The maximum Gasteiger partial charge on any atom is 0.270 e. The van der Waals surface area contributed by atoms with Crippen LogP contribution in [0.2, 0.25) is 0 Å². The van der Waals surface area contributed by atoms with Crippen LogP contribution in [-0.2, 0) is 17.9 Å². The molecule has 0 aliphatic carbocycles. The summed E-state index contributed by atoms with van der Waals surface area (Å²) in [5, 5.41) is 9.74. The number of anilines is 1. The number of hydrogen-bond acceptors (Lipinski definition) is 7. The lowest BCUT2D eigenvalue weighted by atomic mass is 10.0. The van der Waals surface area contributed by atoms with E-state index in [0.717, 1.165) is 43.1 Å². The minimum absolute atomic E-state index is 0.116. The maximum atomic E-state index is 13.3. The average Bonchev–Trinajstić information content (AvgIpc) is 3.09. The van der Waals surface area contributed by atoms with Crippen LogP contribution >= 0.6 is 24.0 Å². The Hall–Kier alpha value is -2.93. The number of pyridine rings is 1. The number of rotatable bonds is 5. The summed E-state index contributed by atoms with van der Waals surface area (Å²) in [6, 6.07) is 11.8. The molecule has 1 amide bonds. The second-order valence-corrected chi connectivity index (χ2v) is 10.1. The van der Waals surface area contributed by atoms with Crippen LogP contribution in [-0.4, -0.2) is 57.8 Å². The first-order valence-corrected chi connectivity index (χ1v) is 12.5. The van der Waals surface area contributed by atoms with Crippen LogP contribution in [0.15, 0.2) is 40.0 Å². The van der Waals surface area contributed by atoms with Crippen LogP contribution in [0, 0.1) is 18.3 Å². The Morgan fingerprint density at radius 1 is 1.15 bits per heavy atom. The van der Waals surface area contributed by atoms with Crippen LogP contribution in [0.3, 0.4) is 0 Å². The van der Waals surface area contributed by atoms with Gasteiger partial charge in [-0.15, -0.1) is 0 Å². The molecule has 2 fully saturated rings. The Morgan fingerprint density at radius 3 is 2.44 bits per heavy atom. The van der Waals surface area contributed by atoms with Crippen LogP contribution in [0.1, 0.15) is 29.2 Å². The first-order valence-electron chi connectivity index (χ1n) is 11.3. The number of nitriles is 1. The van der Waals surface area contributed by atoms with Crippen molar-refractivity contribution in [2.24, 2.45) is 0 Å². The van der Waals surface area contributed by atoms with Gasteiger partial charge >= 0.3 is 0 Å². The van der Waals surface area contributed by atoms with Gasteiger partial charge in [0.25, 0.3) is 11.5 Å². The van der Waals surface area contributed by atoms with Crippen molar-refractivity contribution in [2.45, 2.75) is 26.9 Å². The fourth-order valence-electron chi connectivity index (χ4n) is 4.33. The standard InChI is InChI=1S/C25H27N5O2S2/c1-4-29-22(28-12-10-27(3)11-13-28)19(17(2)20(15-26)23(29)31)14-21-24(32)30(25(33)34-21)16-18-8-6-5-7-9-18/h5-9,14H,4,10-13,16H2,1-3H3/b21-14-. The second kappa shape index (κ2) is 10.1. The van der Waals surface area contributed by atoms with Crippen molar-refractivity contribution >= 4 is 46.1 Å². The predicted octanol–water partition coefficient (Wildman–Crippen LogP) is 3.20. The molecule has 3 heterocycles. The number of thioether (sulfide) groups is 1. The van der Waals surface area contributed by atoms with E-state index < -0.39 is 0 Å². The number of likely N-dealkylation sites (N-methyl/N-ethyl adjacent to an activating group) is 1. The van der Waals surface area contributed by atoms with Crippen LogP contribution in [0.4, 0.5) is 5.82 Å². The van der Waals surface area contributed by atoms with Crippen molar-refractivity contribution in [3.8, 4) is 6.07 Å². The normalized spacial score (nSPS) is 18.1. The number of carbonyl (C=O) groups is 1. The molecule has 9 heteroatoms. The van der Waals surface area contributed by atoms with Gasteiger partial charge < -0.3 is 9.80 Å². The summed E-state index contributed by atoms with van der Waals surface area (Å²) in [6.45, 7) is 7.80. The summed E-state index contributed by atoms with van der Waals surface area (Å²) in [7, 11) is 2.08. The molecule has 2 aliphatic heterocycles. The number of carbonyl (C=O) groups excluding carboxylic acids is 1. The molecule has 0 unspecified atom stereocenters. The van der Waals surface area contributed by atoms with Gasteiger partial charge in [-0.2, -0.15) is 5.26 Å². The Labute approximate surface area is 209 Å². The van der Waals surface area contributed by atoms with Gasteiger partial charge in [0, 0.05) is 38.3 Å². The van der Waals surface area contributed by atoms with E-state index in [4.69, 9.17) is 12.2 Å². The van der Waals surface area contributed by atoms with Crippen LogP contribution in [0.5, 0.6) is 0 Å². The largest absolute Gasteiger partial charge is 0.355 e. The summed E-state index contributed by atoms with van der Waals surface area (Å²) < 4.78 is 2.16. The Bertz CT molecular complexity index is 1250. The van der Waals surface area contributed by atoms with Crippen molar-refractivity contribution in [3.63, 3.8) is 0 Å². The second-order valence-electron chi connectivity index (χ2n) is 8.44. The van der Waals surface area contributed by atoms with Crippen LogP contribution in [0.25, 0.3) is 6.08 Å². The first kappa shape index (κ1) is 24.2. The molecule has 2 aromatic rings. The summed E-state index contributed by atoms with van der Waals surface area (Å²) in [4.78, 5) is 33.0. The molecule has 176 valence electrons. The summed E-state index contributed by atoms with van der Waals surface area (Å²) in [6.07, 6.45) is 1.82. The van der Waals surface area contributed by atoms with E-state index >= 15 is 0 Å². The highest BCUT2D eigenvalue weighted by atomic mass is 32.2. The fourth-order valence-corrected chi connectivity index (χ4v) is 5.57. The lowest BCUT2D eigenvalue weighted by Gasteiger charge is -2.36. The lowest BCUT2D eigenvalue weighted by molar-refractivity contribution is -0.122. The predicted molar refractivity (Wildman–Crippen MR) is 141 cm³/mol. The zero-order chi connectivity index (χ0) is 24.4. The van der Waals surface area contributed by atoms with Gasteiger partial charge in [-0.05, 0) is 38.1 Å². The molecule has 0 atom stereocenters. The smallest absolute Gasteiger partial charge is 0.270 e. The minimum atomic E-state index is -0.287. The van der Waals surface area contributed by atoms with Crippen molar-refractivity contribution < 1.29 is 4.79 Å². The molecule has 0 bridgehead atoms. The van der Waals surface area contributed by atoms with Gasteiger partial charge in [0.05, 0.1) is 11.4 Å². The number of piperazine rings is 1. The third kappa shape index (κ3) is 4.53. The third-order valence-electron chi connectivity index (χ3n) is 6.30. The highest BCUT2D eigenvalue weighted by molar-refractivity contribution is 8.26. The van der Waals surface area contributed by atoms with E-state index in [2.05, 4.69) is 22.9 Å². The summed E-state index contributed by atoms with van der Waals surface area (Å²) >= 11 is 6.80. The highest BCUT2D eigenvalue weighted by Crippen LogP contribution is 2.36. The van der Waals surface area contributed by atoms with Crippen molar-refractivity contribution in [2.75, 3.05) is 38.1 Å². The van der Waals surface area contributed by atoms with Gasteiger partial charge in [-0.1, -0.05) is 54.3 Å². The van der Waals surface area contributed by atoms with Gasteiger partial charge in [0.15, 0.2) is 0 Å². The fraction of sp³-hybridized carbons (Fsp3) is 0.360. The molecule has 0 spiro atoms. The Morgan fingerprint density at radius 2 is 1.82 bits per heavy atom. The van der Waals surface area contributed by atoms with E-state index in [1.54, 1.807) is 16.4 Å². The molecule has 1 aromatic carbocycles. The number of hydrogen-bond donors (Lipinski definition) is 0. The molecule has 0 saturated carbocycles. The molecule has 2 aliphatic rings. The molecule has 7 nitrogen and oxygen atoms in total. The Kier molecular flexibility index (Phi) is 7.22. The van der Waals surface area contributed by atoms with Gasteiger partial charge in [0.2, 0.25) is 0 Å². The van der Waals surface area contributed by atoms with Crippen molar-refractivity contribution in [1.82, 2.24) is 14.4 Å². The molecule has 34 heavy (non-hydrogen) atoms. The third-order valence-corrected chi connectivity index (χ3v) is 7.68. The SMILES string of the molecule is CCn1c(N2CCN(C)CC2)c(/C=C2\SC(=S)N(Cc3ccccc3)C2=O)c(C)c(C#N)c1=O. The van der Waals surface area contributed by atoms with E-state index in [0.29, 0.717) is 27.9 Å². The number of amides is 1. The molecular formula is C25H27N5O2S2. The monoisotopic (exact) mass is 493 g/mol. The number of thiocarbonyl (C=S) groups is 1. The lowest BCUT2D eigenvalue weighted by Crippen LogP contribution is -2.47. The zero-order valence-corrected chi connectivity index (χ0v) is 21.2. The van der Waals surface area contributed by atoms with E-state index in [1.807, 2.05) is 43.3 Å². The number of benzene rings is 1. The molecule has 4 rings (SSSR count). The number of aromatic nitrogens is 1. The van der Waals surface area contributed by atoms with Gasteiger partial charge in [-0.3, -0.25) is 19.1 Å². The van der Waals surface area contributed by atoms with E-state index in [9.17, 15) is 14.9 Å². The van der Waals surface area contributed by atoms with E-state index in [1.165, 1.54) is 11.8 Å². The molecule has 2 saturated heterocycles. The van der Waals surface area contributed by atoms with Gasteiger partial charge in [0.1, 0.15) is 21.8 Å². The molecule has 0 N–H and O–H groups in total. The van der Waals surface area contributed by atoms with Gasteiger partial charge in [-0.25, -0.2) is 0 Å². The van der Waals surface area contributed by atoms with Crippen molar-refractivity contribution in [3.05, 3.63) is 67.8 Å². The van der Waals surface area contributed by atoms with Crippen molar-refractivity contribution in [1.29, 1.82) is 5.26 Å². The maximum absolute atomic E-state index is 13.3. The van der Waals surface area contributed by atoms with E-state index in [-0.39, 0.29) is 17.0 Å². The zero-order valence-electron chi connectivity index (χ0n) is 19.6. The van der Waals surface area contributed by atoms with Crippen LogP contribution < -0.4 is 10.5 Å². The Balaban J connectivity index is 1.80. The topological polar surface area (TPSA) is 72.6 Å². The molecule has 0 radical (unpaired) electrons. The highest BCUT2D eigenvalue weighted by Gasteiger charge is 2.33. The molecular weight excluding hydrogens is 466 g/mol. The molecule has 1 aromatic heterocycles. The minimum Gasteiger partial charge on any atom is -0.355 e. The quantitative estimate of drug-likeness (QED) is 0.468. The summed E-state index contributed by atoms with van der Waals surface area (Å²) in [5.74, 6) is 0.612. The number of nitrogens with zero attached hydrogens (tertiary/aromatic N) is 5. The summed E-state index contributed by atoms with van der Waals surface area (Å²) in [5.41, 5.74) is 2.17.